The fourth-order valence-corrected chi connectivity index (χ4v) is 4.35. The third-order valence-corrected chi connectivity index (χ3v) is 6.51. The summed E-state index contributed by atoms with van der Waals surface area (Å²) < 4.78 is 45.1. The molecule has 0 aromatic heterocycles. The number of alkyl halides is 3. The first-order valence-electron chi connectivity index (χ1n) is 12.5. The molecule has 4 aromatic rings. The molecular weight excluding hydrogens is 571 g/mol. The van der Waals surface area contributed by atoms with Gasteiger partial charge in [0.2, 0.25) is 5.91 Å². The average molecular weight is 592 g/mol. The molecule has 3 amide bonds. The maximum Gasteiger partial charge on any atom is 0.416 e. The van der Waals surface area contributed by atoms with Crippen LogP contribution in [0, 0.1) is 0 Å². The van der Waals surface area contributed by atoms with Gasteiger partial charge in [0.25, 0.3) is 11.8 Å². The Labute approximate surface area is 243 Å². The molecule has 0 aliphatic carbocycles. The minimum atomic E-state index is -4.65. The molecule has 4 aromatic carbocycles. The summed E-state index contributed by atoms with van der Waals surface area (Å²) in [7, 11) is 0. The molecule has 42 heavy (non-hydrogen) atoms. The standard InChI is InChI=1S/C31H21ClF3N3O4/c32-27-28(30(41)38(29(27)40)23-6-4-5-20(18-23)31(33,34)35)37-22-11-9-19(10-12-22)17-26(39)36-21-13-15-25(16-14-21)42-24-7-2-1-3-8-24/h1-16,18,37H,17H2,(H,36,39). The van der Waals surface area contributed by atoms with E-state index in [-0.39, 0.29) is 23.7 Å². The molecule has 0 fully saturated rings. The molecule has 0 spiro atoms. The Morgan fingerprint density at radius 1 is 0.786 bits per heavy atom. The molecule has 1 heterocycles. The van der Waals surface area contributed by atoms with Gasteiger partial charge in [-0.2, -0.15) is 13.2 Å². The third-order valence-electron chi connectivity index (χ3n) is 6.16. The monoisotopic (exact) mass is 591 g/mol. The number of carbonyl (C=O) groups is 3. The van der Waals surface area contributed by atoms with Crippen molar-refractivity contribution in [2.24, 2.45) is 0 Å². The van der Waals surface area contributed by atoms with Crippen molar-refractivity contribution in [3.8, 4) is 11.5 Å². The first kappa shape index (κ1) is 28.4. The lowest BCUT2D eigenvalue weighted by Gasteiger charge is -2.17. The van der Waals surface area contributed by atoms with Crippen molar-refractivity contribution in [1.29, 1.82) is 0 Å². The fraction of sp³-hybridized carbons (Fsp3) is 0.0645. The Balaban J connectivity index is 1.19. The van der Waals surface area contributed by atoms with Crippen LogP contribution in [0.5, 0.6) is 11.5 Å². The predicted octanol–water partition coefficient (Wildman–Crippen LogP) is 7.11. The number of ether oxygens (including phenoxy) is 1. The van der Waals surface area contributed by atoms with Crippen LogP contribution in [0.2, 0.25) is 0 Å². The Hall–Kier alpha value is -5.09. The van der Waals surface area contributed by atoms with Gasteiger partial charge in [-0.15, -0.1) is 0 Å². The number of para-hydroxylation sites is 1. The second kappa shape index (κ2) is 11.8. The lowest BCUT2D eigenvalue weighted by atomic mass is 10.1. The molecule has 0 saturated carbocycles. The first-order valence-corrected chi connectivity index (χ1v) is 12.9. The summed E-state index contributed by atoms with van der Waals surface area (Å²) in [5.74, 6) is -0.781. The minimum Gasteiger partial charge on any atom is -0.457 e. The number of carbonyl (C=O) groups excluding carboxylic acids is 3. The van der Waals surface area contributed by atoms with E-state index in [0.29, 0.717) is 39.4 Å². The molecule has 0 atom stereocenters. The van der Waals surface area contributed by atoms with E-state index in [9.17, 15) is 27.6 Å². The number of anilines is 3. The van der Waals surface area contributed by atoms with E-state index in [1.54, 1.807) is 48.5 Å². The second-order valence-electron chi connectivity index (χ2n) is 9.17. The molecular formula is C31H21ClF3N3O4. The van der Waals surface area contributed by atoms with Crippen LogP contribution in [-0.4, -0.2) is 17.7 Å². The zero-order chi connectivity index (χ0) is 29.9. The van der Waals surface area contributed by atoms with Gasteiger partial charge in [0.05, 0.1) is 17.7 Å². The number of benzene rings is 4. The Kier molecular flexibility index (Phi) is 7.99. The van der Waals surface area contributed by atoms with Gasteiger partial charge in [-0.1, -0.05) is 48.0 Å². The summed E-state index contributed by atoms with van der Waals surface area (Å²) in [6, 6.07) is 26.6. The molecule has 11 heteroatoms. The summed E-state index contributed by atoms with van der Waals surface area (Å²) >= 11 is 6.10. The molecule has 0 bridgehead atoms. The normalized spacial score (nSPS) is 13.4. The number of halogens is 4. The van der Waals surface area contributed by atoms with E-state index in [1.165, 1.54) is 6.07 Å². The summed E-state index contributed by atoms with van der Waals surface area (Å²) in [4.78, 5) is 38.7. The summed E-state index contributed by atoms with van der Waals surface area (Å²) in [5.41, 5.74) is 0.107. The number of rotatable bonds is 8. The van der Waals surface area contributed by atoms with Crippen LogP contribution in [0.25, 0.3) is 0 Å². The highest BCUT2D eigenvalue weighted by atomic mass is 35.5. The van der Waals surface area contributed by atoms with Crippen molar-refractivity contribution >= 4 is 46.4 Å². The highest BCUT2D eigenvalue weighted by Gasteiger charge is 2.40. The smallest absolute Gasteiger partial charge is 0.416 e. The molecule has 0 radical (unpaired) electrons. The van der Waals surface area contributed by atoms with Crippen LogP contribution in [0.1, 0.15) is 11.1 Å². The average Bonchev–Trinajstić information content (AvgIpc) is 3.18. The lowest BCUT2D eigenvalue weighted by Crippen LogP contribution is -2.32. The van der Waals surface area contributed by atoms with E-state index in [1.807, 2.05) is 30.3 Å². The Bertz CT molecular complexity index is 1670. The largest absolute Gasteiger partial charge is 0.457 e. The van der Waals surface area contributed by atoms with Crippen LogP contribution in [-0.2, 0) is 27.0 Å². The minimum absolute atomic E-state index is 0.0622. The summed E-state index contributed by atoms with van der Waals surface area (Å²) in [6.45, 7) is 0. The maximum absolute atomic E-state index is 13.1. The van der Waals surface area contributed by atoms with Crippen LogP contribution >= 0.6 is 11.6 Å². The summed E-state index contributed by atoms with van der Waals surface area (Å²) in [6.07, 6.45) is -4.59. The number of nitrogens with zero attached hydrogens (tertiary/aromatic N) is 1. The topological polar surface area (TPSA) is 87.7 Å². The zero-order valence-electron chi connectivity index (χ0n) is 21.6. The van der Waals surface area contributed by atoms with E-state index in [0.717, 1.165) is 12.1 Å². The van der Waals surface area contributed by atoms with Crippen molar-refractivity contribution in [3.05, 3.63) is 125 Å². The van der Waals surface area contributed by atoms with Crippen molar-refractivity contribution in [1.82, 2.24) is 0 Å². The third kappa shape index (κ3) is 6.45. The van der Waals surface area contributed by atoms with E-state index >= 15 is 0 Å². The van der Waals surface area contributed by atoms with Gasteiger partial charge in [-0.25, -0.2) is 4.90 Å². The maximum atomic E-state index is 13.1. The number of amides is 3. The van der Waals surface area contributed by atoms with Crippen molar-refractivity contribution in [2.75, 3.05) is 15.5 Å². The van der Waals surface area contributed by atoms with Gasteiger partial charge in [-0.05, 0) is 72.3 Å². The van der Waals surface area contributed by atoms with Crippen molar-refractivity contribution < 1.29 is 32.3 Å². The van der Waals surface area contributed by atoms with Crippen molar-refractivity contribution in [3.63, 3.8) is 0 Å². The Morgan fingerprint density at radius 2 is 1.43 bits per heavy atom. The van der Waals surface area contributed by atoms with Gasteiger partial charge in [0.15, 0.2) is 0 Å². The summed E-state index contributed by atoms with van der Waals surface area (Å²) in [5, 5.41) is 5.11. The molecule has 1 aliphatic rings. The highest BCUT2D eigenvalue weighted by Crippen LogP contribution is 2.35. The molecule has 212 valence electrons. The fourth-order valence-electron chi connectivity index (χ4n) is 4.14. The van der Waals surface area contributed by atoms with Crippen LogP contribution in [0.3, 0.4) is 0 Å². The Morgan fingerprint density at radius 3 is 2.10 bits per heavy atom. The van der Waals surface area contributed by atoms with Gasteiger partial charge in [0.1, 0.15) is 22.2 Å². The zero-order valence-corrected chi connectivity index (χ0v) is 22.4. The molecule has 7 nitrogen and oxygen atoms in total. The van der Waals surface area contributed by atoms with Crippen LogP contribution in [0.4, 0.5) is 30.2 Å². The van der Waals surface area contributed by atoms with Gasteiger partial charge in [-0.3, -0.25) is 14.4 Å². The molecule has 1 aliphatic heterocycles. The number of imide groups is 1. The molecule has 0 unspecified atom stereocenters. The molecule has 5 rings (SSSR count). The molecule has 2 N–H and O–H groups in total. The number of nitrogens with one attached hydrogen (secondary N) is 2. The van der Waals surface area contributed by atoms with E-state index < -0.39 is 28.6 Å². The number of hydrogen-bond acceptors (Lipinski definition) is 5. The first-order chi connectivity index (χ1) is 20.1. The SMILES string of the molecule is O=C(Cc1ccc(NC2=C(Cl)C(=O)N(c3cccc(C(F)(F)F)c3)C2=O)cc1)Nc1ccc(Oc2ccccc2)cc1. The van der Waals surface area contributed by atoms with Crippen LogP contribution < -0.4 is 20.3 Å². The lowest BCUT2D eigenvalue weighted by molar-refractivity contribution is -0.137. The predicted molar refractivity (Wildman–Crippen MR) is 152 cm³/mol. The highest BCUT2D eigenvalue weighted by molar-refractivity contribution is 6.53. The van der Waals surface area contributed by atoms with Gasteiger partial charge >= 0.3 is 6.18 Å². The van der Waals surface area contributed by atoms with Crippen molar-refractivity contribution in [2.45, 2.75) is 12.6 Å². The van der Waals surface area contributed by atoms with E-state index in [2.05, 4.69) is 10.6 Å². The number of hydrogen-bond donors (Lipinski definition) is 2. The second-order valence-corrected chi connectivity index (χ2v) is 9.55. The van der Waals surface area contributed by atoms with Gasteiger partial charge in [0, 0.05) is 11.4 Å². The van der Waals surface area contributed by atoms with E-state index in [4.69, 9.17) is 16.3 Å². The quantitative estimate of drug-likeness (QED) is 0.213. The van der Waals surface area contributed by atoms with Crippen LogP contribution in [0.15, 0.2) is 114 Å². The molecule has 0 saturated heterocycles. The van der Waals surface area contributed by atoms with Gasteiger partial charge < -0.3 is 15.4 Å².